The van der Waals surface area contributed by atoms with Crippen molar-refractivity contribution in [1.29, 1.82) is 0 Å². The van der Waals surface area contributed by atoms with Gasteiger partial charge in [-0.1, -0.05) is 29.3 Å². The van der Waals surface area contributed by atoms with E-state index in [0.29, 0.717) is 0 Å². The van der Waals surface area contributed by atoms with Crippen molar-refractivity contribution in [3.05, 3.63) is 41.0 Å². The Morgan fingerprint density at radius 3 is 2.20 bits per heavy atom. The maximum atomic E-state index is 11.1. The molecule has 2 nitrogen and oxygen atoms in total. The van der Waals surface area contributed by atoms with Crippen molar-refractivity contribution in [2.45, 2.75) is 20.8 Å². The summed E-state index contributed by atoms with van der Waals surface area (Å²) >= 11 is 0. The van der Waals surface area contributed by atoms with Crippen LogP contribution in [0.3, 0.4) is 0 Å². The van der Waals surface area contributed by atoms with Crippen LogP contribution in [0.5, 0.6) is 0 Å². The zero-order chi connectivity index (χ0) is 11.4. The molecule has 0 aromatic heterocycles. The van der Waals surface area contributed by atoms with Crippen molar-refractivity contribution in [3.8, 4) is 0 Å². The molecule has 0 heterocycles. The largest absolute Gasteiger partial charge is 0.466 e. The first-order chi connectivity index (χ1) is 7.02. The highest BCUT2D eigenvalue weighted by Gasteiger charge is 2.01. The molecule has 0 aliphatic carbocycles. The van der Waals surface area contributed by atoms with Crippen LogP contribution in [-0.2, 0) is 9.53 Å². The number of benzene rings is 1. The predicted octanol–water partition coefficient (Wildman–Crippen LogP) is 2.88. The lowest BCUT2D eigenvalue weighted by molar-refractivity contribution is -0.134. The van der Waals surface area contributed by atoms with E-state index in [4.69, 9.17) is 0 Å². The normalized spacial score (nSPS) is 11.3. The average molecular weight is 204 g/mol. The summed E-state index contributed by atoms with van der Waals surface area (Å²) in [4.78, 5) is 11.1. The number of allylic oxidation sites excluding steroid dienone is 1. The van der Waals surface area contributed by atoms with Crippen LogP contribution in [0.25, 0.3) is 5.57 Å². The molecule has 1 rings (SSSR count). The quantitative estimate of drug-likeness (QED) is 0.547. The first-order valence-electron chi connectivity index (χ1n) is 4.88. The zero-order valence-corrected chi connectivity index (χ0v) is 9.63. The molecule has 0 bridgehead atoms. The average Bonchev–Trinajstić information content (AvgIpc) is 2.16. The van der Waals surface area contributed by atoms with Gasteiger partial charge in [0.25, 0.3) is 0 Å². The number of aryl methyl sites for hydroxylation is 2. The molecule has 80 valence electrons. The number of methoxy groups -OCH3 is 1. The highest BCUT2D eigenvalue weighted by Crippen LogP contribution is 2.17. The van der Waals surface area contributed by atoms with Gasteiger partial charge in [0, 0.05) is 6.08 Å². The third kappa shape index (κ3) is 3.24. The van der Waals surface area contributed by atoms with Crippen molar-refractivity contribution in [2.75, 3.05) is 7.11 Å². The fraction of sp³-hybridized carbons (Fsp3) is 0.308. The third-order valence-electron chi connectivity index (χ3n) is 2.21. The molecule has 0 fully saturated rings. The fourth-order valence-electron chi connectivity index (χ4n) is 1.52. The van der Waals surface area contributed by atoms with E-state index in [-0.39, 0.29) is 5.97 Å². The van der Waals surface area contributed by atoms with E-state index in [2.05, 4.69) is 22.9 Å². The molecule has 0 saturated heterocycles. The summed E-state index contributed by atoms with van der Waals surface area (Å²) < 4.78 is 4.59. The SMILES string of the molecule is COC(=O)C=C(C)c1cc(C)cc(C)c1. The maximum Gasteiger partial charge on any atom is 0.330 e. The maximum absolute atomic E-state index is 11.1. The minimum absolute atomic E-state index is 0.313. The number of hydrogen-bond donors (Lipinski definition) is 0. The summed E-state index contributed by atoms with van der Waals surface area (Å²) in [6, 6.07) is 6.22. The molecule has 0 radical (unpaired) electrons. The second kappa shape index (κ2) is 4.78. The minimum Gasteiger partial charge on any atom is -0.466 e. The molecule has 0 spiro atoms. The molecule has 0 unspecified atom stereocenters. The molecule has 0 atom stereocenters. The topological polar surface area (TPSA) is 26.3 Å². The van der Waals surface area contributed by atoms with E-state index in [0.717, 1.165) is 11.1 Å². The molecule has 0 aliphatic rings. The number of rotatable bonds is 2. The molecule has 0 amide bonds. The summed E-state index contributed by atoms with van der Waals surface area (Å²) in [7, 11) is 1.38. The van der Waals surface area contributed by atoms with E-state index < -0.39 is 0 Å². The Morgan fingerprint density at radius 2 is 1.73 bits per heavy atom. The number of ether oxygens (including phenoxy) is 1. The van der Waals surface area contributed by atoms with Gasteiger partial charge in [-0.2, -0.15) is 0 Å². The number of hydrogen-bond acceptors (Lipinski definition) is 2. The Kier molecular flexibility index (Phi) is 3.67. The van der Waals surface area contributed by atoms with Gasteiger partial charge in [-0.25, -0.2) is 4.79 Å². The lowest BCUT2D eigenvalue weighted by atomic mass is 10.0. The van der Waals surface area contributed by atoms with Crippen LogP contribution in [0.2, 0.25) is 0 Å². The van der Waals surface area contributed by atoms with Crippen LogP contribution < -0.4 is 0 Å². The van der Waals surface area contributed by atoms with E-state index >= 15 is 0 Å². The van der Waals surface area contributed by atoms with E-state index in [9.17, 15) is 4.79 Å². The van der Waals surface area contributed by atoms with Gasteiger partial charge in [-0.15, -0.1) is 0 Å². The molecule has 2 heteroatoms. The number of esters is 1. The minimum atomic E-state index is -0.313. The standard InChI is InChI=1S/C13H16O2/c1-9-5-10(2)7-12(6-9)11(3)8-13(14)15-4/h5-8H,1-4H3. The van der Waals surface area contributed by atoms with Crippen molar-refractivity contribution < 1.29 is 9.53 Å². The summed E-state index contributed by atoms with van der Waals surface area (Å²) in [5, 5.41) is 0. The van der Waals surface area contributed by atoms with Crippen LogP contribution in [0.15, 0.2) is 24.3 Å². The van der Waals surface area contributed by atoms with Crippen molar-refractivity contribution >= 4 is 11.5 Å². The zero-order valence-electron chi connectivity index (χ0n) is 9.63. The highest BCUT2D eigenvalue weighted by atomic mass is 16.5. The molecule has 1 aromatic rings. The molecule has 15 heavy (non-hydrogen) atoms. The second-order valence-electron chi connectivity index (χ2n) is 3.73. The van der Waals surface area contributed by atoms with Gasteiger partial charge in [0.15, 0.2) is 0 Å². The summed E-state index contributed by atoms with van der Waals surface area (Å²) in [6.45, 7) is 6.00. The predicted molar refractivity (Wildman–Crippen MR) is 61.6 cm³/mol. The Morgan fingerprint density at radius 1 is 1.20 bits per heavy atom. The highest BCUT2D eigenvalue weighted by molar-refractivity contribution is 5.90. The van der Waals surface area contributed by atoms with E-state index in [1.165, 1.54) is 24.3 Å². The monoisotopic (exact) mass is 204 g/mol. The lowest BCUT2D eigenvalue weighted by Crippen LogP contribution is -1.96. The summed E-state index contributed by atoms with van der Waals surface area (Å²) in [5.41, 5.74) is 4.39. The summed E-state index contributed by atoms with van der Waals surface area (Å²) in [5.74, 6) is -0.313. The van der Waals surface area contributed by atoms with Crippen LogP contribution in [0.1, 0.15) is 23.6 Å². The fourth-order valence-corrected chi connectivity index (χ4v) is 1.52. The Hall–Kier alpha value is -1.57. The summed E-state index contributed by atoms with van der Waals surface area (Å²) in [6.07, 6.45) is 1.51. The first-order valence-corrected chi connectivity index (χ1v) is 4.88. The van der Waals surface area contributed by atoms with Crippen LogP contribution in [0.4, 0.5) is 0 Å². The Labute approximate surface area is 90.6 Å². The van der Waals surface area contributed by atoms with Crippen molar-refractivity contribution in [2.24, 2.45) is 0 Å². The van der Waals surface area contributed by atoms with Gasteiger partial charge in [0.1, 0.15) is 0 Å². The molecule has 1 aromatic carbocycles. The van der Waals surface area contributed by atoms with Gasteiger partial charge >= 0.3 is 5.97 Å². The Bertz CT molecular complexity index is 383. The van der Waals surface area contributed by atoms with E-state index in [1.54, 1.807) is 0 Å². The third-order valence-corrected chi connectivity index (χ3v) is 2.21. The molecule has 0 aliphatic heterocycles. The molecular weight excluding hydrogens is 188 g/mol. The van der Waals surface area contributed by atoms with Gasteiger partial charge in [-0.05, 0) is 31.9 Å². The van der Waals surface area contributed by atoms with Gasteiger partial charge in [0.2, 0.25) is 0 Å². The number of carbonyl (C=O) groups is 1. The van der Waals surface area contributed by atoms with Crippen molar-refractivity contribution in [3.63, 3.8) is 0 Å². The van der Waals surface area contributed by atoms with Gasteiger partial charge in [-0.3, -0.25) is 0 Å². The van der Waals surface area contributed by atoms with Crippen LogP contribution >= 0.6 is 0 Å². The first kappa shape index (κ1) is 11.5. The second-order valence-corrected chi connectivity index (χ2v) is 3.73. The number of carbonyl (C=O) groups excluding carboxylic acids is 1. The van der Waals surface area contributed by atoms with Gasteiger partial charge < -0.3 is 4.74 Å². The van der Waals surface area contributed by atoms with Crippen molar-refractivity contribution in [1.82, 2.24) is 0 Å². The molecular formula is C13H16O2. The molecule has 0 N–H and O–H groups in total. The lowest BCUT2D eigenvalue weighted by Gasteiger charge is -2.04. The Balaban J connectivity index is 3.05. The van der Waals surface area contributed by atoms with E-state index in [1.807, 2.05) is 20.8 Å². The smallest absolute Gasteiger partial charge is 0.330 e. The van der Waals surface area contributed by atoms with Crippen LogP contribution in [0, 0.1) is 13.8 Å². The van der Waals surface area contributed by atoms with Gasteiger partial charge in [0.05, 0.1) is 7.11 Å². The molecule has 0 saturated carbocycles. The van der Waals surface area contributed by atoms with Crippen LogP contribution in [-0.4, -0.2) is 13.1 Å².